The average Bonchev–Trinajstić information content (AvgIpc) is 2.45. The molecule has 106 valence electrons. The average molecular weight is 283 g/mol. The first-order valence-corrected chi connectivity index (χ1v) is 7.17. The second kappa shape index (κ2) is 7.40. The maximum absolute atomic E-state index is 11.9. The molecule has 0 aliphatic carbocycles. The molecule has 1 atom stereocenters. The zero-order chi connectivity index (χ0) is 14.3. The molecule has 19 heavy (non-hydrogen) atoms. The molecule has 1 aromatic rings. The van der Waals surface area contributed by atoms with E-state index in [0.29, 0.717) is 12.4 Å². The Morgan fingerprint density at radius 1 is 1.37 bits per heavy atom. The molecule has 0 saturated carbocycles. The lowest BCUT2D eigenvalue weighted by Crippen LogP contribution is -2.50. The predicted octanol–water partition coefficient (Wildman–Crippen LogP) is 2.33. The highest BCUT2D eigenvalue weighted by Crippen LogP contribution is 2.25. The highest BCUT2D eigenvalue weighted by molar-refractivity contribution is 7.99. The van der Waals surface area contributed by atoms with E-state index in [2.05, 4.69) is 5.32 Å². The minimum absolute atomic E-state index is 0.224. The molecule has 0 radical (unpaired) electrons. The summed E-state index contributed by atoms with van der Waals surface area (Å²) in [4.78, 5) is 13.0. The van der Waals surface area contributed by atoms with E-state index in [1.54, 1.807) is 25.9 Å². The van der Waals surface area contributed by atoms with E-state index < -0.39 is 5.54 Å². The molecule has 4 nitrogen and oxygen atoms in total. The van der Waals surface area contributed by atoms with Gasteiger partial charge in [0.05, 0.1) is 13.7 Å². The van der Waals surface area contributed by atoms with Crippen LogP contribution in [0.15, 0.2) is 29.2 Å². The number of ether oxygens (including phenoxy) is 2. The van der Waals surface area contributed by atoms with Gasteiger partial charge in [0, 0.05) is 10.6 Å². The molecule has 0 aliphatic rings. The fourth-order valence-electron chi connectivity index (χ4n) is 1.42. The van der Waals surface area contributed by atoms with Crippen molar-refractivity contribution in [2.75, 3.05) is 26.5 Å². The number of hydrogen-bond acceptors (Lipinski definition) is 5. The van der Waals surface area contributed by atoms with Crippen LogP contribution in [0.2, 0.25) is 0 Å². The molecule has 0 amide bonds. The van der Waals surface area contributed by atoms with Gasteiger partial charge in [-0.2, -0.15) is 0 Å². The van der Waals surface area contributed by atoms with Crippen molar-refractivity contribution in [2.24, 2.45) is 0 Å². The topological polar surface area (TPSA) is 47.6 Å². The Labute approximate surface area is 118 Å². The molecule has 1 unspecified atom stereocenters. The molecule has 0 aliphatic heterocycles. The van der Waals surface area contributed by atoms with Crippen LogP contribution in [0.3, 0.4) is 0 Å². The normalized spacial score (nSPS) is 13.7. The number of rotatable bonds is 7. The minimum atomic E-state index is -0.680. The Morgan fingerprint density at radius 3 is 2.47 bits per heavy atom. The van der Waals surface area contributed by atoms with Crippen molar-refractivity contribution in [1.29, 1.82) is 0 Å². The molecule has 5 heteroatoms. The summed E-state index contributed by atoms with van der Waals surface area (Å²) in [6.07, 6.45) is 0. The number of nitrogens with one attached hydrogen (secondary N) is 1. The molecule has 1 aromatic carbocycles. The zero-order valence-corrected chi connectivity index (χ0v) is 12.7. The van der Waals surface area contributed by atoms with Crippen LogP contribution in [0.1, 0.15) is 13.8 Å². The number of carbonyl (C=O) groups excluding carboxylic acids is 1. The van der Waals surface area contributed by atoms with Gasteiger partial charge in [0.25, 0.3) is 0 Å². The predicted molar refractivity (Wildman–Crippen MR) is 77.8 cm³/mol. The molecule has 1 rings (SSSR count). The van der Waals surface area contributed by atoms with Crippen LogP contribution in [0.5, 0.6) is 5.75 Å². The van der Waals surface area contributed by atoms with Gasteiger partial charge in [0.1, 0.15) is 11.3 Å². The monoisotopic (exact) mass is 283 g/mol. The fourth-order valence-corrected chi connectivity index (χ4v) is 2.47. The summed E-state index contributed by atoms with van der Waals surface area (Å²) in [6.45, 7) is 4.05. The fraction of sp³-hybridized carbons (Fsp3) is 0.500. The highest BCUT2D eigenvalue weighted by Gasteiger charge is 2.32. The number of likely N-dealkylation sites (N-methyl/N-ethyl adjacent to an activating group) is 1. The highest BCUT2D eigenvalue weighted by atomic mass is 32.2. The van der Waals surface area contributed by atoms with Crippen LogP contribution in [-0.4, -0.2) is 38.0 Å². The van der Waals surface area contributed by atoms with Gasteiger partial charge in [-0.05, 0) is 45.2 Å². The number of benzene rings is 1. The number of hydrogen-bond donors (Lipinski definition) is 1. The van der Waals surface area contributed by atoms with Crippen LogP contribution in [0.4, 0.5) is 0 Å². The number of esters is 1. The van der Waals surface area contributed by atoms with Crippen molar-refractivity contribution in [2.45, 2.75) is 24.3 Å². The largest absolute Gasteiger partial charge is 0.497 e. The second-order valence-electron chi connectivity index (χ2n) is 4.27. The molecule has 0 spiro atoms. The third-order valence-corrected chi connectivity index (χ3v) is 4.19. The molecule has 1 N–H and O–H groups in total. The van der Waals surface area contributed by atoms with Crippen molar-refractivity contribution in [3.63, 3.8) is 0 Å². The maximum Gasteiger partial charge on any atom is 0.326 e. The molecular formula is C14H21NO3S. The minimum Gasteiger partial charge on any atom is -0.497 e. The maximum atomic E-state index is 11.9. The lowest BCUT2D eigenvalue weighted by Gasteiger charge is -2.26. The Bertz CT molecular complexity index is 408. The summed E-state index contributed by atoms with van der Waals surface area (Å²) in [6, 6.07) is 7.77. The zero-order valence-electron chi connectivity index (χ0n) is 11.9. The first kappa shape index (κ1) is 15.9. The van der Waals surface area contributed by atoms with Gasteiger partial charge in [-0.3, -0.25) is 4.79 Å². The van der Waals surface area contributed by atoms with E-state index >= 15 is 0 Å². The van der Waals surface area contributed by atoms with E-state index in [1.165, 1.54) is 0 Å². The Morgan fingerprint density at radius 2 is 2.00 bits per heavy atom. The van der Waals surface area contributed by atoms with E-state index in [4.69, 9.17) is 9.47 Å². The third kappa shape index (κ3) is 4.44. The molecule has 0 fully saturated rings. The SMILES string of the molecule is CCOC(=O)C(C)(CSc1ccc(OC)cc1)NC. The van der Waals surface area contributed by atoms with Crippen molar-refractivity contribution in [3.8, 4) is 5.75 Å². The van der Waals surface area contributed by atoms with E-state index in [9.17, 15) is 4.79 Å². The van der Waals surface area contributed by atoms with Gasteiger partial charge in [-0.15, -0.1) is 11.8 Å². The van der Waals surface area contributed by atoms with E-state index in [-0.39, 0.29) is 5.97 Å². The van der Waals surface area contributed by atoms with Crippen molar-refractivity contribution < 1.29 is 14.3 Å². The van der Waals surface area contributed by atoms with Crippen molar-refractivity contribution >= 4 is 17.7 Å². The molecular weight excluding hydrogens is 262 g/mol. The molecule has 0 aromatic heterocycles. The van der Waals surface area contributed by atoms with Crippen LogP contribution in [0.25, 0.3) is 0 Å². The summed E-state index contributed by atoms with van der Waals surface area (Å²) in [7, 11) is 3.41. The van der Waals surface area contributed by atoms with Gasteiger partial charge in [0.2, 0.25) is 0 Å². The molecule has 0 heterocycles. The van der Waals surface area contributed by atoms with Crippen molar-refractivity contribution in [3.05, 3.63) is 24.3 Å². The summed E-state index contributed by atoms with van der Waals surface area (Å²) in [5, 5.41) is 3.04. The summed E-state index contributed by atoms with van der Waals surface area (Å²) < 4.78 is 10.2. The van der Waals surface area contributed by atoms with Gasteiger partial charge in [-0.25, -0.2) is 0 Å². The van der Waals surface area contributed by atoms with Gasteiger partial charge < -0.3 is 14.8 Å². The number of carbonyl (C=O) groups is 1. The van der Waals surface area contributed by atoms with Crippen LogP contribution in [0, 0.1) is 0 Å². The Hall–Kier alpha value is -1.20. The first-order valence-electron chi connectivity index (χ1n) is 6.18. The quantitative estimate of drug-likeness (QED) is 0.615. The molecule has 0 bridgehead atoms. The van der Waals surface area contributed by atoms with Gasteiger partial charge in [-0.1, -0.05) is 0 Å². The summed E-state index contributed by atoms with van der Waals surface area (Å²) in [5.41, 5.74) is -0.680. The lowest BCUT2D eigenvalue weighted by molar-refractivity contribution is -0.149. The van der Waals surface area contributed by atoms with Gasteiger partial charge >= 0.3 is 5.97 Å². The first-order chi connectivity index (χ1) is 9.05. The molecule has 0 saturated heterocycles. The standard InChI is InChI=1S/C14H21NO3S/c1-5-18-13(16)14(2,15-3)10-19-12-8-6-11(17-4)7-9-12/h6-9,15H,5,10H2,1-4H3. The van der Waals surface area contributed by atoms with Crippen LogP contribution in [-0.2, 0) is 9.53 Å². The third-order valence-electron chi connectivity index (χ3n) is 2.86. The number of thioether (sulfide) groups is 1. The second-order valence-corrected chi connectivity index (χ2v) is 5.32. The van der Waals surface area contributed by atoms with Crippen molar-refractivity contribution in [1.82, 2.24) is 5.32 Å². The van der Waals surface area contributed by atoms with E-state index in [0.717, 1.165) is 10.6 Å². The summed E-state index contributed by atoms with van der Waals surface area (Å²) >= 11 is 1.61. The van der Waals surface area contributed by atoms with E-state index in [1.807, 2.05) is 38.1 Å². The Kier molecular flexibility index (Phi) is 6.18. The Balaban J connectivity index is 2.63. The van der Waals surface area contributed by atoms with Crippen LogP contribution < -0.4 is 10.1 Å². The lowest BCUT2D eigenvalue weighted by atomic mass is 10.1. The number of methoxy groups -OCH3 is 1. The summed E-state index contributed by atoms with van der Waals surface area (Å²) in [5.74, 6) is 1.21. The van der Waals surface area contributed by atoms with Crippen LogP contribution >= 0.6 is 11.8 Å². The van der Waals surface area contributed by atoms with Gasteiger partial charge in [0.15, 0.2) is 0 Å². The smallest absolute Gasteiger partial charge is 0.326 e.